The molecule has 13 nitrogen and oxygen atoms in total. The number of hydrogen-bond acceptors (Lipinski definition) is 11. The molecule has 0 aromatic heterocycles. The van der Waals surface area contributed by atoms with Crippen LogP contribution < -0.4 is 10.1 Å². The van der Waals surface area contributed by atoms with Gasteiger partial charge in [-0.2, -0.15) is 0 Å². The second-order valence-electron chi connectivity index (χ2n) is 11.3. The first-order chi connectivity index (χ1) is 23.0. The molecule has 0 saturated carbocycles. The summed E-state index contributed by atoms with van der Waals surface area (Å²) < 4.78 is 33.0. The Morgan fingerprint density at radius 1 is 0.792 bits per heavy atom. The van der Waals surface area contributed by atoms with Crippen molar-refractivity contribution in [1.29, 1.82) is 0 Å². The van der Waals surface area contributed by atoms with Crippen molar-refractivity contribution in [2.24, 2.45) is 0 Å². The van der Waals surface area contributed by atoms with Gasteiger partial charge in [0.2, 0.25) is 12.4 Å². The van der Waals surface area contributed by atoms with E-state index < -0.39 is 60.6 Å². The molecule has 5 rings (SSSR count). The van der Waals surface area contributed by atoms with Gasteiger partial charge in [0.25, 0.3) is 0 Å². The Morgan fingerprint density at radius 2 is 1.35 bits per heavy atom. The normalized spacial score (nSPS) is 20.3. The first kappa shape index (κ1) is 33.9. The van der Waals surface area contributed by atoms with E-state index >= 15 is 0 Å². The fraction of sp³-hybridized carbons (Fsp3) is 0.343. The number of ether oxygens (including phenoxy) is 6. The number of benzene rings is 3. The number of nitrogens with one attached hydrogen (secondary N) is 1. The zero-order valence-corrected chi connectivity index (χ0v) is 26.5. The summed E-state index contributed by atoms with van der Waals surface area (Å²) in [6.45, 7) is 3.32. The van der Waals surface area contributed by atoms with Crippen molar-refractivity contribution in [3.8, 4) is 16.9 Å². The van der Waals surface area contributed by atoms with Crippen molar-refractivity contribution in [3.63, 3.8) is 0 Å². The lowest BCUT2D eigenvalue weighted by atomic mass is 9.98. The number of amides is 1. The number of rotatable bonds is 11. The van der Waals surface area contributed by atoms with Crippen LogP contribution >= 0.6 is 0 Å². The Bertz CT molecular complexity index is 1630. The molecular weight excluding hydrogens is 626 g/mol. The Morgan fingerprint density at radius 3 is 1.92 bits per heavy atom. The summed E-state index contributed by atoms with van der Waals surface area (Å²) in [5.41, 5.74) is 4.78. The molecule has 1 aliphatic heterocycles. The zero-order valence-electron chi connectivity index (χ0n) is 26.5. The summed E-state index contributed by atoms with van der Waals surface area (Å²) in [4.78, 5) is 60.1. The fourth-order valence-electron chi connectivity index (χ4n) is 5.87. The average molecular weight is 662 g/mol. The maximum Gasteiger partial charge on any atom is 0.407 e. The van der Waals surface area contributed by atoms with Gasteiger partial charge in [-0.3, -0.25) is 14.4 Å². The number of aliphatic carboxylic acids is 1. The SMILES string of the molecule is CC(=O)O[C@@H]1[C@@H](OC(C)=O)[C@H](Oc2ccc(C[C@H](NC(=O)OCC3c4ccccc4-c4ccccc43)C(=O)O)cc2)OC[C@H]1OC(C)=O. The third kappa shape index (κ3) is 8.10. The topological polar surface area (TPSA) is 173 Å². The van der Waals surface area contributed by atoms with Gasteiger partial charge >= 0.3 is 30.0 Å². The van der Waals surface area contributed by atoms with Crippen molar-refractivity contribution in [1.82, 2.24) is 5.32 Å². The Hall–Kier alpha value is -5.43. The van der Waals surface area contributed by atoms with Crippen molar-refractivity contribution in [3.05, 3.63) is 89.5 Å². The molecule has 13 heteroatoms. The molecule has 0 radical (unpaired) electrons. The van der Waals surface area contributed by atoms with E-state index in [1.165, 1.54) is 19.1 Å². The molecule has 1 amide bonds. The van der Waals surface area contributed by atoms with Gasteiger partial charge in [0, 0.05) is 33.1 Å². The van der Waals surface area contributed by atoms with Crippen LogP contribution in [0, 0.1) is 0 Å². The van der Waals surface area contributed by atoms with Crippen LogP contribution in [0.15, 0.2) is 72.8 Å². The summed E-state index contributed by atoms with van der Waals surface area (Å²) in [5, 5.41) is 12.3. The number of hydrogen-bond donors (Lipinski definition) is 2. The minimum absolute atomic E-state index is 0.0374. The quantitative estimate of drug-likeness (QED) is 0.225. The predicted octanol–water partition coefficient (Wildman–Crippen LogP) is 3.75. The van der Waals surface area contributed by atoms with Crippen molar-refractivity contribution in [2.45, 2.75) is 63.8 Å². The minimum Gasteiger partial charge on any atom is -0.480 e. The largest absolute Gasteiger partial charge is 0.480 e. The number of carbonyl (C=O) groups is 5. The van der Waals surface area contributed by atoms with Gasteiger partial charge < -0.3 is 38.8 Å². The molecule has 3 aromatic carbocycles. The van der Waals surface area contributed by atoms with E-state index in [4.69, 9.17) is 28.4 Å². The molecule has 252 valence electrons. The Balaban J connectivity index is 1.20. The van der Waals surface area contributed by atoms with E-state index in [0.717, 1.165) is 36.1 Å². The molecule has 2 aliphatic rings. The van der Waals surface area contributed by atoms with Gasteiger partial charge in [-0.05, 0) is 39.9 Å². The number of carboxylic acids is 1. The molecule has 48 heavy (non-hydrogen) atoms. The standard InChI is InChI=1S/C35H35NO12/c1-19(37)45-30-18-43-34(32(47-21(3)39)31(30)46-20(2)38)48-23-14-12-22(13-15-23)16-29(33(40)41)36-35(42)44-17-28-26-10-6-4-8-24(26)25-9-5-7-11-27(25)28/h4-15,28-32,34H,16-18H2,1-3H3,(H,36,42)(H,40,41)/t29-,30+,31-,32+,34-/m0/s1. The van der Waals surface area contributed by atoms with E-state index in [9.17, 15) is 29.1 Å². The van der Waals surface area contributed by atoms with Gasteiger partial charge in [-0.25, -0.2) is 9.59 Å². The molecule has 0 spiro atoms. The molecule has 1 saturated heterocycles. The first-order valence-corrected chi connectivity index (χ1v) is 15.2. The molecule has 0 bridgehead atoms. The van der Waals surface area contributed by atoms with Gasteiger partial charge in [-0.1, -0.05) is 60.7 Å². The molecule has 1 aliphatic carbocycles. The number of fused-ring (bicyclic) bond motifs is 3. The van der Waals surface area contributed by atoms with E-state index in [2.05, 4.69) is 5.32 Å². The molecular formula is C35H35NO12. The highest BCUT2D eigenvalue weighted by Crippen LogP contribution is 2.44. The van der Waals surface area contributed by atoms with Crippen LogP contribution in [0.4, 0.5) is 4.79 Å². The molecule has 1 heterocycles. The molecule has 1 fully saturated rings. The van der Waals surface area contributed by atoms with Gasteiger partial charge in [0.05, 0.1) is 6.61 Å². The van der Waals surface area contributed by atoms with Crippen LogP contribution in [0.2, 0.25) is 0 Å². The zero-order chi connectivity index (χ0) is 34.4. The van der Waals surface area contributed by atoms with Gasteiger partial charge in [0.15, 0.2) is 12.2 Å². The maximum atomic E-state index is 12.8. The lowest BCUT2D eigenvalue weighted by molar-refractivity contribution is -0.259. The Kier molecular flexibility index (Phi) is 10.6. The summed E-state index contributed by atoms with van der Waals surface area (Å²) in [6.07, 6.45) is -5.68. The third-order valence-corrected chi connectivity index (χ3v) is 7.85. The Labute approximate surface area is 276 Å². The predicted molar refractivity (Wildman–Crippen MR) is 167 cm³/mol. The van der Waals surface area contributed by atoms with E-state index in [1.54, 1.807) is 12.1 Å². The average Bonchev–Trinajstić information content (AvgIpc) is 3.36. The fourth-order valence-corrected chi connectivity index (χ4v) is 5.87. The van der Waals surface area contributed by atoms with E-state index in [-0.39, 0.29) is 31.3 Å². The molecule has 0 unspecified atom stereocenters. The third-order valence-electron chi connectivity index (χ3n) is 7.85. The maximum absolute atomic E-state index is 12.8. The lowest BCUT2D eigenvalue weighted by Crippen LogP contribution is -2.59. The molecule has 5 atom stereocenters. The van der Waals surface area contributed by atoms with Crippen molar-refractivity contribution in [2.75, 3.05) is 13.2 Å². The number of alkyl carbamates (subject to hydrolysis) is 1. The minimum atomic E-state index is -1.29. The molecule has 3 aromatic rings. The highest BCUT2D eigenvalue weighted by atomic mass is 16.7. The summed E-state index contributed by atoms with van der Waals surface area (Å²) in [6, 6.07) is 20.8. The summed E-state index contributed by atoms with van der Waals surface area (Å²) >= 11 is 0. The van der Waals surface area contributed by atoms with Gasteiger partial charge in [0.1, 0.15) is 18.4 Å². The number of carbonyl (C=O) groups excluding carboxylic acids is 4. The second-order valence-corrected chi connectivity index (χ2v) is 11.3. The highest BCUT2D eigenvalue weighted by molar-refractivity contribution is 5.81. The first-order valence-electron chi connectivity index (χ1n) is 15.2. The molecule has 2 N–H and O–H groups in total. The number of carboxylic acid groups (broad SMARTS) is 1. The van der Waals surface area contributed by atoms with Crippen LogP contribution in [0.3, 0.4) is 0 Å². The summed E-state index contributed by atoms with van der Waals surface area (Å²) in [5.74, 6) is -3.22. The van der Waals surface area contributed by atoms with Crippen LogP contribution in [-0.2, 0) is 49.3 Å². The van der Waals surface area contributed by atoms with E-state index in [1.807, 2.05) is 48.5 Å². The van der Waals surface area contributed by atoms with Crippen molar-refractivity contribution >= 4 is 30.0 Å². The van der Waals surface area contributed by atoms with Crippen LogP contribution in [0.1, 0.15) is 43.4 Å². The smallest absolute Gasteiger partial charge is 0.407 e. The van der Waals surface area contributed by atoms with Gasteiger partial charge in [-0.15, -0.1) is 0 Å². The van der Waals surface area contributed by atoms with Crippen molar-refractivity contribution < 1.29 is 57.5 Å². The summed E-state index contributed by atoms with van der Waals surface area (Å²) in [7, 11) is 0. The number of esters is 3. The van der Waals surface area contributed by atoms with E-state index in [0.29, 0.717) is 5.56 Å². The monoisotopic (exact) mass is 661 g/mol. The van der Waals surface area contributed by atoms with Crippen LogP contribution in [0.5, 0.6) is 5.75 Å². The highest BCUT2D eigenvalue weighted by Gasteiger charge is 2.48. The lowest BCUT2D eigenvalue weighted by Gasteiger charge is -2.40. The second kappa shape index (κ2) is 15.0. The van der Waals surface area contributed by atoms with Crippen LogP contribution in [0.25, 0.3) is 11.1 Å². The van der Waals surface area contributed by atoms with Crippen LogP contribution in [-0.4, -0.2) is 78.9 Å².